The molecule has 8 nitrogen and oxygen atoms in total. The van der Waals surface area contributed by atoms with Crippen molar-refractivity contribution in [1.82, 2.24) is 9.88 Å². The normalized spacial score (nSPS) is 18.7. The van der Waals surface area contributed by atoms with Crippen molar-refractivity contribution in [2.75, 3.05) is 12.4 Å². The third kappa shape index (κ3) is 4.00. The highest BCUT2D eigenvalue weighted by molar-refractivity contribution is 7.99. The summed E-state index contributed by atoms with van der Waals surface area (Å²) in [5, 5.41) is -0.415. The zero-order chi connectivity index (χ0) is 21.3. The SMILES string of the molecule is CC(=O)c1c(C)[nH]c(C(=O)COC(=O)[C@@H]2CS[C@H](c3ccco3)N2C(C)=O)c1C. The topological polar surface area (TPSA) is 110 Å². The molecule has 1 fully saturated rings. The van der Waals surface area contributed by atoms with Gasteiger partial charge in [-0.15, -0.1) is 11.8 Å². The second-order valence-corrected chi connectivity index (χ2v) is 7.97. The molecule has 3 heterocycles. The number of hydrogen-bond acceptors (Lipinski definition) is 7. The monoisotopic (exact) mass is 418 g/mol. The number of ketones is 2. The molecule has 1 saturated heterocycles. The number of carbonyl (C=O) groups is 4. The number of aryl methyl sites for hydroxylation is 1. The molecule has 1 aliphatic heterocycles. The maximum absolute atomic E-state index is 12.6. The number of esters is 1. The molecule has 1 aliphatic rings. The van der Waals surface area contributed by atoms with Crippen molar-refractivity contribution in [3.63, 3.8) is 0 Å². The Labute approximate surface area is 172 Å². The van der Waals surface area contributed by atoms with Crippen LogP contribution in [0.5, 0.6) is 0 Å². The van der Waals surface area contributed by atoms with Gasteiger partial charge in [-0.1, -0.05) is 0 Å². The van der Waals surface area contributed by atoms with Gasteiger partial charge in [-0.2, -0.15) is 0 Å². The highest BCUT2D eigenvalue weighted by atomic mass is 32.2. The second-order valence-electron chi connectivity index (χ2n) is 6.86. The second kappa shape index (κ2) is 8.28. The summed E-state index contributed by atoms with van der Waals surface area (Å²) in [5.74, 6) is -0.599. The number of amides is 1. The van der Waals surface area contributed by atoms with Gasteiger partial charge in [0.1, 0.15) is 17.2 Å². The Bertz CT molecular complexity index is 962. The van der Waals surface area contributed by atoms with E-state index in [0.29, 0.717) is 28.3 Å². The van der Waals surface area contributed by atoms with Gasteiger partial charge in [-0.3, -0.25) is 14.4 Å². The number of rotatable bonds is 6. The molecule has 154 valence electrons. The molecule has 3 rings (SSSR count). The van der Waals surface area contributed by atoms with Gasteiger partial charge in [0.2, 0.25) is 11.7 Å². The van der Waals surface area contributed by atoms with Gasteiger partial charge in [0, 0.05) is 23.9 Å². The van der Waals surface area contributed by atoms with Crippen molar-refractivity contribution < 1.29 is 28.3 Å². The third-order valence-electron chi connectivity index (χ3n) is 4.84. The van der Waals surface area contributed by atoms with E-state index in [9.17, 15) is 19.2 Å². The van der Waals surface area contributed by atoms with Crippen LogP contribution in [0, 0.1) is 13.8 Å². The van der Waals surface area contributed by atoms with Crippen LogP contribution in [0.15, 0.2) is 22.8 Å². The van der Waals surface area contributed by atoms with Crippen LogP contribution >= 0.6 is 11.8 Å². The first-order valence-corrected chi connectivity index (χ1v) is 10.1. The molecule has 2 aromatic heterocycles. The summed E-state index contributed by atoms with van der Waals surface area (Å²) < 4.78 is 10.6. The molecule has 1 N–H and O–H groups in total. The molecule has 2 atom stereocenters. The minimum atomic E-state index is -0.806. The molecule has 0 unspecified atom stereocenters. The van der Waals surface area contributed by atoms with Crippen LogP contribution in [0.25, 0.3) is 0 Å². The molecule has 0 radical (unpaired) electrons. The van der Waals surface area contributed by atoms with Crippen LogP contribution in [0.3, 0.4) is 0 Å². The van der Waals surface area contributed by atoms with E-state index in [4.69, 9.17) is 9.15 Å². The fourth-order valence-corrected chi connectivity index (χ4v) is 5.00. The lowest BCUT2D eigenvalue weighted by atomic mass is 10.1. The molecular weight excluding hydrogens is 396 g/mol. The van der Waals surface area contributed by atoms with Crippen LogP contribution in [0.2, 0.25) is 0 Å². The number of ether oxygens (including phenoxy) is 1. The van der Waals surface area contributed by atoms with E-state index in [1.165, 1.54) is 36.8 Å². The zero-order valence-electron chi connectivity index (χ0n) is 16.6. The Morgan fingerprint density at radius 1 is 1.28 bits per heavy atom. The smallest absolute Gasteiger partial charge is 0.330 e. The number of nitrogens with zero attached hydrogens (tertiary/aromatic N) is 1. The summed E-state index contributed by atoms with van der Waals surface area (Å²) >= 11 is 1.40. The zero-order valence-corrected chi connectivity index (χ0v) is 17.4. The van der Waals surface area contributed by atoms with Crippen LogP contribution in [0.4, 0.5) is 0 Å². The summed E-state index contributed by atoms with van der Waals surface area (Å²) in [6, 6.07) is 2.65. The number of carbonyl (C=O) groups excluding carboxylic acids is 4. The lowest BCUT2D eigenvalue weighted by molar-refractivity contribution is -0.152. The van der Waals surface area contributed by atoms with E-state index in [-0.39, 0.29) is 17.4 Å². The molecule has 0 bridgehead atoms. The fourth-order valence-electron chi connectivity index (χ4n) is 3.59. The number of aromatic nitrogens is 1. The van der Waals surface area contributed by atoms with Crippen molar-refractivity contribution >= 4 is 35.2 Å². The molecular formula is C20H22N2O6S. The van der Waals surface area contributed by atoms with Gasteiger partial charge in [0.05, 0.1) is 12.0 Å². The number of aromatic amines is 1. The first kappa shape index (κ1) is 20.9. The Morgan fingerprint density at radius 2 is 2.00 bits per heavy atom. The van der Waals surface area contributed by atoms with Crippen LogP contribution in [-0.4, -0.2) is 51.7 Å². The van der Waals surface area contributed by atoms with Crippen molar-refractivity contribution in [2.24, 2.45) is 0 Å². The predicted octanol–water partition coefficient (Wildman–Crippen LogP) is 2.82. The van der Waals surface area contributed by atoms with Crippen molar-refractivity contribution in [3.8, 4) is 0 Å². The lowest BCUT2D eigenvalue weighted by Gasteiger charge is -2.25. The number of furan rings is 1. The Kier molecular flexibility index (Phi) is 5.97. The van der Waals surface area contributed by atoms with E-state index in [0.717, 1.165) is 0 Å². The molecule has 0 saturated carbocycles. The summed E-state index contributed by atoms with van der Waals surface area (Å²) in [6.07, 6.45) is 1.51. The minimum absolute atomic E-state index is 0.142. The number of Topliss-reactive ketones (excluding diaryl/α,β-unsaturated/α-hetero) is 2. The first-order valence-electron chi connectivity index (χ1n) is 9.06. The molecule has 0 aliphatic carbocycles. The summed E-state index contributed by atoms with van der Waals surface area (Å²) in [6.45, 7) is 5.72. The average molecular weight is 418 g/mol. The Balaban J connectivity index is 1.69. The van der Waals surface area contributed by atoms with Crippen molar-refractivity contribution in [1.29, 1.82) is 0 Å². The van der Waals surface area contributed by atoms with Gasteiger partial charge in [0.15, 0.2) is 12.4 Å². The van der Waals surface area contributed by atoms with E-state index in [1.54, 1.807) is 26.0 Å². The standard InChI is InChI=1S/C20H22N2O6S/c1-10-17(12(3)23)11(2)21-18(10)15(25)8-28-20(26)14-9-29-19(22(14)13(4)24)16-6-5-7-27-16/h5-7,14,19,21H,8-9H2,1-4H3/t14-,19+/m0/s1. The summed E-state index contributed by atoms with van der Waals surface area (Å²) in [5.41, 5.74) is 1.85. The predicted molar refractivity (Wildman–Crippen MR) is 106 cm³/mol. The van der Waals surface area contributed by atoms with Crippen molar-refractivity contribution in [2.45, 2.75) is 39.1 Å². The van der Waals surface area contributed by atoms with Crippen LogP contribution in [0.1, 0.15) is 57.1 Å². The maximum Gasteiger partial charge on any atom is 0.330 e. The summed E-state index contributed by atoms with van der Waals surface area (Å²) in [4.78, 5) is 53.3. The van der Waals surface area contributed by atoms with E-state index in [2.05, 4.69) is 4.98 Å². The Hall–Kier alpha value is -2.81. The number of hydrogen-bond donors (Lipinski definition) is 1. The first-order chi connectivity index (χ1) is 13.7. The van der Waals surface area contributed by atoms with Gasteiger partial charge >= 0.3 is 5.97 Å². The maximum atomic E-state index is 12.6. The molecule has 9 heteroatoms. The highest BCUT2D eigenvalue weighted by Crippen LogP contribution is 2.41. The van der Waals surface area contributed by atoms with Gasteiger partial charge in [0.25, 0.3) is 0 Å². The molecule has 1 amide bonds. The lowest BCUT2D eigenvalue weighted by Crippen LogP contribution is -2.43. The number of H-pyrrole nitrogens is 1. The quantitative estimate of drug-likeness (QED) is 0.567. The number of nitrogens with one attached hydrogen (secondary N) is 1. The third-order valence-corrected chi connectivity index (χ3v) is 6.12. The largest absolute Gasteiger partial charge is 0.466 e. The van der Waals surface area contributed by atoms with Crippen LogP contribution < -0.4 is 0 Å². The molecule has 0 spiro atoms. The molecule has 29 heavy (non-hydrogen) atoms. The van der Waals surface area contributed by atoms with E-state index >= 15 is 0 Å². The summed E-state index contributed by atoms with van der Waals surface area (Å²) in [7, 11) is 0. The number of thioether (sulfide) groups is 1. The van der Waals surface area contributed by atoms with Crippen LogP contribution in [-0.2, 0) is 14.3 Å². The average Bonchev–Trinajstić information content (AvgIpc) is 3.37. The molecule has 2 aromatic rings. The highest BCUT2D eigenvalue weighted by Gasteiger charge is 2.43. The molecule has 0 aromatic carbocycles. The minimum Gasteiger partial charge on any atom is -0.466 e. The van der Waals surface area contributed by atoms with E-state index in [1.807, 2.05) is 0 Å². The van der Waals surface area contributed by atoms with Gasteiger partial charge < -0.3 is 19.0 Å². The Morgan fingerprint density at radius 3 is 2.55 bits per heavy atom. The fraction of sp³-hybridized carbons (Fsp3) is 0.400. The van der Waals surface area contributed by atoms with Crippen molar-refractivity contribution in [3.05, 3.63) is 46.7 Å². The van der Waals surface area contributed by atoms with Gasteiger partial charge in [-0.05, 0) is 38.5 Å². The van der Waals surface area contributed by atoms with Gasteiger partial charge in [-0.25, -0.2) is 4.79 Å². The van der Waals surface area contributed by atoms with E-state index < -0.39 is 29.8 Å².